The summed E-state index contributed by atoms with van der Waals surface area (Å²) in [5.74, 6) is -0.337. The van der Waals surface area contributed by atoms with Gasteiger partial charge in [-0.15, -0.1) is 0 Å². The number of esters is 1. The fourth-order valence-corrected chi connectivity index (χ4v) is 4.73. The highest BCUT2D eigenvalue weighted by Gasteiger charge is 2.52. The van der Waals surface area contributed by atoms with Gasteiger partial charge < -0.3 is 18.6 Å². The molecule has 28 heavy (non-hydrogen) atoms. The van der Waals surface area contributed by atoms with Crippen LogP contribution in [0.25, 0.3) is 0 Å². The summed E-state index contributed by atoms with van der Waals surface area (Å²) < 4.78 is 23.4. The van der Waals surface area contributed by atoms with E-state index in [-0.39, 0.29) is 28.4 Å². The highest BCUT2D eigenvalue weighted by atomic mass is 28.4. The first-order valence-electron chi connectivity index (χ1n) is 10.2. The number of hydrogen-bond donors (Lipinski definition) is 0. The van der Waals surface area contributed by atoms with Crippen molar-refractivity contribution in [2.75, 3.05) is 14.2 Å². The van der Waals surface area contributed by atoms with Gasteiger partial charge in [0.15, 0.2) is 14.4 Å². The van der Waals surface area contributed by atoms with Crippen molar-refractivity contribution < 1.29 is 28.2 Å². The molecule has 7 heteroatoms. The molecule has 0 N–H and O–H groups in total. The van der Waals surface area contributed by atoms with Gasteiger partial charge in [0, 0.05) is 31.8 Å². The largest absolute Gasteiger partial charge is 0.467 e. The van der Waals surface area contributed by atoms with E-state index in [1.54, 1.807) is 0 Å². The van der Waals surface area contributed by atoms with Crippen LogP contribution in [0.4, 0.5) is 0 Å². The molecular formula is C21H40O6Si. The Morgan fingerprint density at radius 3 is 2.21 bits per heavy atom. The fourth-order valence-electron chi connectivity index (χ4n) is 3.27. The lowest BCUT2D eigenvalue weighted by atomic mass is 9.73. The van der Waals surface area contributed by atoms with E-state index in [1.807, 2.05) is 6.92 Å². The number of ether oxygens (including phenoxy) is 3. The third-order valence-electron chi connectivity index (χ3n) is 6.52. The van der Waals surface area contributed by atoms with Crippen LogP contribution in [0, 0.1) is 5.41 Å². The molecule has 0 aromatic rings. The van der Waals surface area contributed by atoms with Gasteiger partial charge in [0.1, 0.15) is 5.78 Å². The van der Waals surface area contributed by atoms with Crippen molar-refractivity contribution in [3.63, 3.8) is 0 Å². The average molecular weight is 417 g/mol. The summed E-state index contributed by atoms with van der Waals surface area (Å²) in [6.45, 7) is 17.1. The minimum absolute atomic E-state index is 0.0502. The summed E-state index contributed by atoms with van der Waals surface area (Å²) in [7, 11) is 0.742. The molecule has 0 radical (unpaired) electrons. The Labute approximate surface area is 171 Å². The molecule has 0 aromatic heterocycles. The molecule has 1 saturated heterocycles. The SMILES string of the molecule is CCC(=O)C[C@H]1O[C@H]([C@H](OC)C(=O)OC)C[C@@H](O[Si](C)(C)C(C)(C)C)C1(C)C. The molecule has 0 amide bonds. The molecule has 6 nitrogen and oxygen atoms in total. The Morgan fingerprint density at radius 1 is 1.21 bits per heavy atom. The van der Waals surface area contributed by atoms with E-state index in [0.29, 0.717) is 19.3 Å². The lowest BCUT2D eigenvalue weighted by molar-refractivity contribution is -0.208. The number of hydrogen-bond acceptors (Lipinski definition) is 6. The van der Waals surface area contributed by atoms with Gasteiger partial charge in [0.2, 0.25) is 0 Å². The Hall–Kier alpha value is -0.763. The summed E-state index contributed by atoms with van der Waals surface area (Å²) in [4.78, 5) is 24.4. The van der Waals surface area contributed by atoms with E-state index >= 15 is 0 Å². The monoisotopic (exact) mass is 416 g/mol. The zero-order valence-corrected chi connectivity index (χ0v) is 20.4. The maximum absolute atomic E-state index is 12.2. The molecule has 1 aliphatic heterocycles. The van der Waals surface area contributed by atoms with Crippen molar-refractivity contribution in [1.82, 2.24) is 0 Å². The molecule has 1 heterocycles. The number of rotatable bonds is 8. The van der Waals surface area contributed by atoms with Crippen molar-refractivity contribution in [2.45, 2.75) is 103 Å². The van der Waals surface area contributed by atoms with Crippen molar-refractivity contribution in [1.29, 1.82) is 0 Å². The fraction of sp³-hybridized carbons (Fsp3) is 0.905. The number of ketones is 1. The number of Topliss-reactive ketones (excluding diaryl/α,β-unsaturated/α-hetero) is 1. The first kappa shape index (κ1) is 25.3. The molecule has 0 spiro atoms. The van der Waals surface area contributed by atoms with Gasteiger partial charge in [-0.1, -0.05) is 41.5 Å². The molecule has 0 saturated carbocycles. The highest BCUT2D eigenvalue weighted by Crippen LogP contribution is 2.46. The van der Waals surface area contributed by atoms with Gasteiger partial charge in [-0.3, -0.25) is 4.79 Å². The van der Waals surface area contributed by atoms with Crippen LogP contribution >= 0.6 is 0 Å². The second-order valence-electron chi connectivity index (χ2n) is 9.86. The Morgan fingerprint density at radius 2 is 1.79 bits per heavy atom. The maximum Gasteiger partial charge on any atom is 0.337 e. The van der Waals surface area contributed by atoms with Crippen LogP contribution in [0.15, 0.2) is 0 Å². The average Bonchev–Trinajstić information content (AvgIpc) is 2.58. The standard InChI is InChI=1S/C21H40O6Si/c1-11-14(22)12-16-21(5,6)17(27-28(9,10)20(2,3)4)13-15(26-16)18(24-7)19(23)25-8/h15-18H,11-13H2,1-10H3/t15-,16+,17+,18-/m0/s1. The smallest absolute Gasteiger partial charge is 0.337 e. The number of carbonyl (C=O) groups is 2. The molecular weight excluding hydrogens is 376 g/mol. The molecule has 0 bridgehead atoms. The first-order valence-corrected chi connectivity index (χ1v) is 13.1. The van der Waals surface area contributed by atoms with Crippen LogP contribution in [0.1, 0.15) is 60.8 Å². The maximum atomic E-state index is 12.2. The lowest BCUT2D eigenvalue weighted by Crippen LogP contribution is -2.59. The van der Waals surface area contributed by atoms with Gasteiger partial charge in [-0.25, -0.2) is 4.79 Å². The van der Waals surface area contributed by atoms with Gasteiger partial charge in [-0.05, 0) is 18.1 Å². The zero-order chi connectivity index (χ0) is 21.9. The van der Waals surface area contributed by atoms with E-state index in [1.165, 1.54) is 14.2 Å². The lowest BCUT2D eigenvalue weighted by Gasteiger charge is -2.52. The summed E-state index contributed by atoms with van der Waals surface area (Å²) >= 11 is 0. The first-order chi connectivity index (χ1) is 12.7. The van der Waals surface area contributed by atoms with Crippen LogP contribution in [-0.2, 0) is 28.2 Å². The number of methoxy groups -OCH3 is 2. The molecule has 0 unspecified atom stereocenters. The van der Waals surface area contributed by atoms with Crippen LogP contribution in [0.3, 0.4) is 0 Å². The molecule has 1 rings (SSSR count). The molecule has 0 aromatic carbocycles. The summed E-state index contributed by atoms with van der Waals surface area (Å²) in [6, 6.07) is 0. The van der Waals surface area contributed by atoms with Crippen molar-refractivity contribution in [3.05, 3.63) is 0 Å². The van der Waals surface area contributed by atoms with E-state index in [4.69, 9.17) is 18.6 Å². The third-order valence-corrected chi connectivity index (χ3v) is 11.0. The highest BCUT2D eigenvalue weighted by molar-refractivity contribution is 6.74. The Kier molecular flexibility index (Phi) is 8.45. The quantitative estimate of drug-likeness (QED) is 0.438. The van der Waals surface area contributed by atoms with E-state index < -0.39 is 26.5 Å². The molecule has 1 aliphatic rings. The summed E-state index contributed by atoms with van der Waals surface area (Å²) in [5, 5.41) is 0.0502. The number of carbonyl (C=O) groups excluding carboxylic acids is 2. The van der Waals surface area contributed by atoms with Crippen molar-refractivity contribution in [3.8, 4) is 0 Å². The normalized spacial score (nSPS) is 26.6. The van der Waals surface area contributed by atoms with Crippen LogP contribution in [0.2, 0.25) is 18.1 Å². The van der Waals surface area contributed by atoms with E-state index in [2.05, 4.69) is 47.7 Å². The predicted molar refractivity (Wildman–Crippen MR) is 112 cm³/mol. The van der Waals surface area contributed by atoms with Gasteiger partial charge in [0.25, 0.3) is 0 Å². The van der Waals surface area contributed by atoms with Crippen LogP contribution < -0.4 is 0 Å². The van der Waals surface area contributed by atoms with E-state index in [0.717, 1.165) is 0 Å². The third kappa shape index (κ3) is 5.65. The molecule has 4 atom stereocenters. The second kappa shape index (κ2) is 9.37. The second-order valence-corrected chi connectivity index (χ2v) is 14.6. The Balaban J connectivity index is 3.26. The zero-order valence-electron chi connectivity index (χ0n) is 19.4. The van der Waals surface area contributed by atoms with Crippen molar-refractivity contribution in [2.24, 2.45) is 5.41 Å². The van der Waals surface area contributed by atoms with E-state index in [9.17, 15) is 9.59 Å². The van der Waals surface area contributed by atoms with Gasteiger partial charge in [0.05, 0.1) is 25.4 Å². The van der Waals surface area contributed by atoms with Gasteiger partial charge in [-0.2, -0.15) is 0 Å². The molecule has 164 valence electrons. The van der Waals surface area contributed by atoms with Crippen molar-refractivity contribution >= 4 is 20.1 Å². The molecule has 1 fully saturated rings. The van der Waals surface area contributed by atoms with Gasteiger partial charge >= 0.3 is 5.97 Å². The minimum atomic E-state index is -2.07. The topological polar surface area (TPSA) is 71.1 Å². The summed E-state index contributed by atoms with van der Waals surface area (Å²) in [5.41, 5.74) is -0.370. The molecule has 0 aliphatic carbocycles. The predicted octanol–water partition coefficient (Wildman–Crippen LogP) is 4.12. The van der Waals surface area contributed by atoms with Crippen LogP contribution in [0.5, 0.6) is 0 Å². The minimum Gasteiger partial charge on any atom is -0.467 e. The van der Waals surface area contributed by atoms with Crippen LogP contribution in [-0.4, -0.2) is 58.7 Å². The Bertz CT molecular complexity index is 552. The summed E-state index contributed by atoms with van der Waals surface area (Å²) in [6.07, 6.45) is -0.585.